The molecule has 0 aliphatic carbocycles. The van der Waals surface area contributed by atoms with Gasteiger partial charge in [0.15, 0.2) is 0 Å². The Morgan fingerprint density at radius 1 is 1.04 bits per heavy atom. The number of nitrogens with one attached hydrogen (secondary N) is 2. The summed E-state index contributed by atoms with van der Waals surface area (Å²) in [5, 5.41) is 5.27. The number of methoxy groups -OCH3 is 1. The molecule has 0 spiro atoms. The Morgan fingerprint density at radius 2 is 1.84 bits per heavy atom. The number of benzene rings is 2. The van der Waals surface area contributed by atoms with Gasteiger partial charge in [0.25, 0.3) is 0 Å². The first-order valence-electron chi connectivity index (χ1n) is 7.98. The minimum atomic E-state index is -0.389. The van der Waals surface area contributed by atoms with Gasteiger partial charge in [-0.3, -0.25) is 9.59 Å². The average molecular weight is 344 g/mol. The Bertz CT molecular complexity index is 734. The zero-order valence-electron chi connectivity index (χ0n) is 14.0. The molecule has 0 aliphatic heterocycles. The number of halogens is 1. The van der Waals surface area contributed by atoms with Crippen LogP contribution in [0.4, 0.5) is 4.39 Å². The number of hydrogen-bond donors (Lipinski definition) is 2. The van der Waals surface area contributed by atoms with Crippen molar-refractivity contribution in [2.75, 3.05) is 20.2 Å². The zero-order valence-corrected chi connectivity index (χ0v) is 14.0. The van der Waals surface area contributed by atoms with Crippen molar-refractivity contribution in [3.63, 3.8) is 0 Å². The summed E-state index contributed by atoms with van der Waals surface area (Å²) in [5.41, 5.74) is 1.56. The van der Waals surface area contributed by atoms with Gasteiger partial charge in [0.05, 0.1) is 20.1 Å². The summed E-state index contributed by atoms with van der Waals surface area (Å²) in [4.78, 5) is 23.6. The lowest BCUT2D eigenvalue weighted by atomic mass is 10.1. The van der Waals surface area contributed by atoms with E-state index in [1.165, 1.54) is 12.1 Å². The minimum absolute atomic E-state index is 0.0340. The van der Waals surface area contributed by atoms with E-state index in [1.807, 2.05) is 24.3 Å². The third-order valence-electron chi connectivity index (χ3n) is 3.61. The summed E-state index contributed by atoms with van der Waals surface area (Å²) in [7, 11) is 1.60. The largest absolute Gasteiger partial charge is 0.496 e. The number of hydrogen-bond acceptors (Lipinski definition) is 3. The molecule has 0 heterocycles. The second-order valence-electron chi connectivity index (χ2n) is 5.50. The van der Waals surface area contributed by atoms with E-state index < -0.39 is 0 Å². The van der Waals surface area contributed by atoms with Gasteiger partial charge in [-0.2, -0.15) is 0 Å². The summed E-state index contributed by atoms with van der Waals surface area (Å²) in [6, 6.07) is 13.4. The van der Waals surface area contributed by atoms with Gasteiger partial charge in [-0.1, -0.05) is 30.3 Å². The number of carbonyl (C=O) groups excluding carboxylic acids is 2. The Kier molecular flexibility index (Phi) is 6.95. The van der Waals surface area contributed by atoms with Crippen LogP contribution in [0, 0.1) is 5.82 Å². The summed E-state index contributed by atoms with van der Waals surface area (Å²) >= 11 is 0. The molecular formula is C19H21FN2O3. The van der Waals surface area contributed by atoms with Crippen LogP contribution in [0.3, 0.4) is 0 Å². The van der Waals surface area contributed by atoms with Crippen LogP contribution in [0.25, 0.3) is 0 Å². The predicted octanol–water partition coefficient (Wildman–Crippen LogP) is 1.85. The summed E-state index contributed by atoms with van der Waals surface area (Å²) in [5.74, 6) is -0.215. The van der Waals surface area contributed by atoms with Crippen LogP contribution in [0.2, 0.25) is 0 Å². The molecule has 0 saturated heterocycles. The molecule has 0 fully saturated rings. The molecule has 0 saturated carbocycles. The van der Waals surface area contributed by atoms with Crippen molar-refractivity contribution in [3.05, 3.63) is 65.5 Å². The van der Waals surface area contributed by atoms with Gasteiger partial charge in [-0.15, -0.1) is 0 Å². The highest BCUT2D eigenvalue weighted by Gasteiger charge is 2.08. The van der Waals surface area contributed by atoms with Crippen molar-refractivity contribution in [2.45, 2.75) is 12.8 Å². The van der Waals surface area contributed by atoms with E-state index in [0.717, 1.165) is 11.3 Å². The quantitative estimate of drug-likeness (QED) is 0.768. The molecule has 132 valence electrons. The van der Waals surface area contributed by atoms with Gasteiger partial charge in [0.2, 0.25) is 11.8 Å². The molecule has 2 aromatic rings. The van der Waals surface area contributed by atoms with Crippen LogP contribution in [0.1, 0.15) is 11.1 Å². The zero-order chi connectivity index (χ0) is 18.1. The third kappa shape index (κ3) is 6.25. The van der Waals surface area contributed by atoms with Gasteiger partial charge in [-0.25, -0.2) is 4.39 Å². The van der Waals surface area contributed by atoms with Gasteiger partial charge >= 0.3 is 0 Å². The van der Waals surface area contributed by atoms with Crippen LogP contribution in [0.15, 0.2) is 48.5 Å². The van der Waals surface area contributed by atoms with Crippen molar-refractivity contribution < 1.29 is 18.7 Å². The van der Waals surface area contributed by atoms with Crippen molar-refractivity contribution in [1.82, 2.24) is 10.6 Å². The Labute approximate surface area is 146 Å². The van der Waals surface area contributed by atoms with Gasteiger partial charge < -0.3 is 15.4 Å². The first-order valence-corrected chi connectivity index (χ1v) is 7.98. The predicted molar refractivity (Wildman–Crippen MR) is 92.8 cm³/mol. The Balaban J connectivity index is 1.69. The van der Waals surface area contributed by atoms with Gasteiger partial charge in [0.1, 0.15) is 11.6 Å². The van der Waals surface area contributed by atoms with E-state index in [4.69, 9.17) is 4.74 Å². The molecule has 2 aromatic carbocycles. The van der Waals surface area contributed by atoms with Crippen LogP contribution in [-0.4, -0.2) is 32.0 Å². The molecule has 0 radical (unpaired) electrons. The monoisotopic (exact) mass is 344 g/mol. The smallest absolute Gasteiger partial charge is 0.239 e. The third-order valence-corrected chi connectivity index (χ3v) is 3.61. The van der Waals surface area contributed by atoms with Gasteiger partial charge in [0, 0.05) is 6.54 Å². The molecule has 2 N–H and O–H groups in total. The minimum Gasteiger partial charge on any atom is -0.496 e. The first kappa shape index (κ1) is 18.4. The molecule has 2 amide bonds. The fourth-order valence-corrected chi connectivity index (χ4v) is 2.38. The maximum atomic E-state index is 13.1. The Hall–Kier alpha value is -2.89. The van der Waals surface area contributed by atoms with Crippen molar-refractivity contribution in [3.8, 4) is 5.75 Å². The maximum Gasteiger partial charge on any atom is 0.239 e. The molecule has 6 heteroatoms. The normalized spacial score (nSPS) is 10.2. The summed E-state index contributed by atoms with van der Waals surface area (Å²) < 4.78 is 18.3. The van der Waals surface area contributed by atoms with E-state index in [1.54, 1.807) is 19.2 Å². The number of amides is 2. The van der Waals surface area contributed by atoms with Crippen molar-refractivity contribution >= 4 is 11.8 Å². The molecule has 0 unspecified atom stereocenters. The molecule has 25 heavy (non-hydrogen) atoms. The van der Waals surface area contributed by atoms with Crippen LogP contribution < -0.4 is 15.4 Å². The van der Waals surface area contributed by atoms with E-state index >= 15 is 0 Å². The molecular weight excluding hydrogens is 323 g/mol. The lowest BCUT2D eigenvalue weighted by molar-refractivity contribution is -0.125. The molecule has 2 rings (SSSR count). The number of para-hydroxylation sites is 1. The fourth-order valence-electron chi connectivity index (χ4n) is 2.38. The van der Waals surface area contributed by atoms with E-state index in [9.17, 15) is 14.0 Å². The molecule has 0 aromatic heterocycles. The fraction of sp³-hybridized carbons (Fsp3) is 0.263. The molecule has 0 atom stereocenters. The number of ether oxygens (including phenoxy) is 1. The number of carbonyl (C=O) groups is 2. The molecule has 0 aliphatic rings. The topological polar surface area (TPSA) is 67.4 Å². The lowest BCUT2D eigenvalue weighted by Gasteiger charge is -2.09. The van der Waals surface area contributed by atoms with E-state index in [-0.39, 0.29) is 30.6 Å². The standard InChI is InChI=1S/C19H21FN2O3/c1-25-17-8-3-2-6-15(17)9-10-21-19(24)13-22-18(23)12-14-5-4-7-16(20)11-14/h2-8,11H,9-10,12-13H2,1H3,(H,21,24)(H,22,23). The molecule has 0 bridgehead atoms. The van der Waals surface area contributed by atoms with Crippen LogP contribution in [0.5, 0.6) is 5.75 Å². The molecule has 5 nitrogen and oxygen atoms in total. The second kappa shape index (κ2) is 9.42. The van der Waals surface area contributed by atoms with Crippen molar-refractivity contribution in [2.24, 2.45) is 0 Å². The first-order chi connectivity index (χ1) is 12.1. The summed E-state index contributed by atoms with van der Waals surface area (Å²) in [6.07, 6.45) is 0.666. The maximum absolute atomic E-state index is 13.1. The number of rotatable bonds is 8. The van der Waals surface area contributed by atoms with Crippen molar-refractivity contribution in [1.29, 1.82) is 0 Å². The van der Waals surface area contributed by atoms with Crippen LogP contribution in [-0.2, 0) is 22.4 Å². The van der Waals surface area contributed by atoms with E-state index in [0.29, 0.717) is 18.5 Å². The van der Waals surface area contributed by atoms with Crippen LogP contribution >= 0.6 is 0 Å². The highest BCUT2D eigenvalue weighted by molar-refractivity contribution is 5.85. The average Bonchev–Trinajstić information content (AvgIpc) is 2.60. The lowest BCUT2D eigenvalue weighted by Crippen LogP contribution is -2.38. The Morgan fingerprint density at radius 3 is 2.60 bits per heavy atom. The SMILES string of the molecule is COc1ccccc1CCNC(=O)CNC(=O)Cc1cccc(F)c1. The van der Waals surface area contributed by atoms with Gasteiger partial charge in [-0.05, 0) is 35.7 Å². The van der Waals surface area contributed by atoms with E-state index in [2.05, 4.69) is 10.6 Å². The second-order valence-corrected chi connectivity index (χ2v) is 5.50. The summed E-state index contributed by atoms with van der Waals surface area (Å²) in [6.45, 7) is 0.332. The highest BCUT2D eigenvalue weighted by Crippen LogP contribution is 2.17. The highest BCUT2D eigenvalue weighted by atomic mass is 19.1.